The van der Waals surface area contributed by atoms with E-state index in [4.69, 9.17) is 0 Å². The first kappa shape index (κ1) is 10.1. The average Bonchev–Trinajstić information content (AvgIpc) is 2.88. The van der Waals surface area contributed by atoms with Gasteiger partial charge in [0.2, 0.25) is 0 Å². The van der Waals surface area contributed by atoms with Crippen LogP contribution in [0.25, 0.3) is 0 Å². The topological polar surface area (TPSA) is 61.9 Å². The average molecular weight is 208 g/mol. The summed E-state index contributed by atoms with van der Waals surface area (Å²) in [5.41, 5.74) is 0.419. The lowest BCUT2D eigenvalue weighted by atomic mass is 10.2. The van der Waals surface area contributed by atoms with Crippen LogP contribution in [0.3, 0.4) is 0 Å². The van der Waals surface area contributed by atoms with Crippen LogP contribution in [0.5, 0.6) is 0 Å². The van der Waals surface area contributed by atoms with Crippen LogP contribution in [0.2, 0.25) is 0 Å². The minimum Gasteiger partial charge on any atom is -0.334 e. The second kappa shape index (κ2) is 4.00. The monoisotopic (exact) mass is 208 g/mol. The van der Waals surface area contributed by atoms with Gasteiger partial charge in [-0.2, -0.15) is 15.4 Å². The Hall–Kier alpha value is -1.39. The highest BCUT2D eigenvalue weighted by Crippen LogP contribution is 2.28. The highest BCUT2D eigenvalue weighted by atomic mass is 16.2. The molecule has 0 aliphatic heterocycles. The standard InChI is InChI=1S/C10H16N4O/c1-7(2)6-14(8-3-4-8)10(15)9-5-11-13-12-9/h5,7-8H,3-4,6H2,1-2H3,(H,11,12,13). The molecule has 1 aromatic rings. The van der Waals surface area contributed by atoms with Crippen LogP contribution >= 0.6 is 0 Å². The van der Waals surface area contributed by atoms with Crippen molar-refractivity contribution in [1.82, 2.24) is 20.3 Å². The van der Waals surface area contributed by atoms with Gasteiger partial charge in [0.15, 0.2) is 5.69 Å². The van der Waals surface area contributed by atoms with E-state index in [9.17, 15) is 4.79 Å². The van der Waals surface area contributed by atoms with E-state index in [-0.39, 0.29) is 5.91 Å². The van der Waals surface area contributed by atoms with Gasteiger partial charge < -0.3 is 4.90 Å². The van der Waals surface area contributed by atoms with Gasteiger partial charge in [-0.15, -0.1) is 0 Å². The molecule has 0 aromatic carbocycles. The minimum absolute atomic E-state index is 0.0000463. The quantitative estimate of drug-likeness (QED) is 0.805. The van der Waals surface area contributed by atoms with Crippen molar-refractivity contribution in [2.75, 3.05) is 6.54 Å². The van der Waals surface area contributed by atoms with Gasteiger partial charge in [0.25, 0.3) is 5.91 Å². The van der Waals surface area contributed by atoms with Crippen molar-refractivity contribution in [2.24, 2.45) is 5.92 Å². The van der Waals surface area contributed by atoms with Crippen LogP contribution in [0.4, 0.5) is 0 Å². The van der Waals surface area contributed by atoms with Crippen molar-refractivity contribution in [3.8, 4) is 0 Å². The van der Waals surface area contributed by atoms with Crippen LogP contribution in [-0.4, -0.2) is 38.8 Å². The number of rotatable bonds is 4. The Labute approximate surface area is 88.9 Å². The first-order valence-electron chi connectivity index (χ1n) is 5.35. The van der Waals surface area contributed by atoms with E-state index in [1.54, 1.807) is 0 Å². The molecular weight excluding hydrogens is 192 g/mol. The first-order valence-corrected chi connectivity index (χ1v) is 5.35. The fraction of sp³-hybridized carbons (Fsp3) is 0.700. The van der Waals surface area contributed by atoms with E-state index in [2.05, 4.69) is 29.3 Å². The predicted molar refractivity (Wildman–Crippen MR) is 55.3 cm³/mol. The number of nitrogens with zero attached hydrogens (tertiary/aromatic N) is 3. The highest BCUT2D eigenvalue weighted by molar-refractivity contribution is 5.92. The van der Waals surface area contributed by atoms with Crippen molar-refractivity contribution in [3.63, 3.8) is 0 Å². The molecule has 1 aromatic heterocycles. The molecule has 1 fully saturated rings. The lowest BCUT2D eigenvalue weighted by Crippen LogP contribution is -2.36. The van der Waals surface area contributed by atoms with E-state index >= 15 is 0 Å². The third kappa shape index (κ3) is 2.34. The maximum absolute atomic E-state index is 12.0. The Kier molecular flexibility index (Phi) is 2.70. The molecule has 1 saturated carbocycles. The fourth-order valence-corrected chi connectivity index (χ4v) is 1.63. The van der Waals surface area contributed by atoms with Gasteiger partial charge in [-0.25, -0.2) is 0 Å². The van der Waals surface area contributed by atoms with Crippen molar-refractivity contribution in [1.29, 1.82) is 0 Å². The molecule has 15 heavy (non-hydrogen) atoms. The molecule has 1 N–H and O–H groups in total. The number of hydrogen-bond donors (Lipinski definition) is 1. The van der Waals surface area contributed by atoms with E-state index < -0.39 is 0 Å². The number of hydrogen-bond acceptors (Lipinski definition) is 3. The Bertz CT molecular complexity index is 329. The van der Waals surface area contributed by atoms with Crippen molar-refractivity contribution in [3.05, 3.63) is 11.9 Å². The summed E-state index contributed by atoms with van der Waals surface area (Å²) in [6.07, 6.45) is 3.73. The molecule has 0 radical (unpaired) electrons. The molecule has 0 bridgehead atoms. The molecule has 1 amide bonds. The Morgan fingerprint density at radius 2 is 2.40 bits per heavy atom. The smallest absolute Gasteiger partial charge is 0.276 e. The fourth-order valence-electron chi connectivity index (χ4n) is 1.63. The summed E-state index contributed by atoms with van der Waals surface area (Å²) in [6.45, 7) is 5.03. The molecule has 82 valence electrons. The van der Waals surface area contributed by atoms with E-state index in [1.807, 2.05) is 4.90 Å². The van der Waals surface area contributed by atoms with Gasteiger partial charge in [-0.3, -0.25) is 4.79 Å². The summed E-state index contributed by atoms with van der Waals surface area (Å²) >= 11 is 0. The lowest BCUT2D eigenvalue weighted by molar-refractivity contribution is 0.0716. The molecule has 0 unspecified atom stereocenters. The SMILES string of the molecule is CC(C)CN(C(=O)c1cn[nH]n1)C1CC1. The molecule has 0 spiro atoms. The van der Waals surface area contributed by atoms with E-state index in [1.165, 1.54) is 6.20 Å². The van der Waals surface area contributed by atoms with Gasteiger partial charge >= 0.3 is 0 Å². The maximum atomic E-state index is 12.0. The molecule has 1 aliphatic rings. The van der Waals surface area contributed by atoms with E-state index in [0.29, 0.717) is 17.7 Å². The van der Waals surface area contributed by atoms with Crippen LogP contribution in [0.1, 0.15) is 37.2 Å². The number of amides is 1. The molecule has 5 nitrogen and oxygen atoms in total. The number of H-pyrrole nitrogens is 1. The summed E-state index contributed by atoms with van der Waals surface area (Å²) in [6, 6.07) is 0.427. The van der Waals surface area contributed by atoms with Crippen molar-refractivity contribution < 1.29 is 4.79 Å². The molecule has 2 rings (SSSR count). The number of nitrogens with one attached hydrogen (secondary N) is 1. The van der Waals surface area contributed by atoms with Crippen molar-refractivity contribution in [2.45, 2.75) is 32.7 Å². The molecule has 1 aliphatic carbocycles. The minimum atomic E-state index is -0.0000463. The maximum Gasteiger partial charge on any atom is 0.276 e. The molecule has 0 atom stereocenters. The van der Waals surface area contributed by atoms with Gasteiger partial charge in [-0.1, -0.05) is 13.8 Å². The Morgan fingerprint density at radius 3 is 2.87 bits per heavy atom. The number of carbonyl (C=O) groups excluding carboxylic acids is 1. The lowest BCUT2D eigenvalue weighted by Gasteiger charge is -2.23. The third-order valence-electron chi connectivity index (χ3n) is 2.44. The zero-order valence-corrected chi connectivity index (χ0v) is 9.10. The predicted octanol–water partition coefficient (Wildman–Crippen LogP) is 1.07. The third-order valence-corrected chi connectivity index (χ3v) is 2.44. The molecule has 0 saturated heterocycles. The Morgan fingerprint density at radius 1 is 1.67 bits per heavy atom. The van der Waals surface area contributed by atoms with Crippen LogP contribution in [0, 0.1) is 5.92 Å². The number of aromatic amines is 1. The summed E-state index contributed by atoms with van der Waals surface area (Å²) < 4.78 is 0. The summed E-state index contributed by atoms with van der Waals surface area (Å²) in [4.78, 5) is 13.9. The summed E-state index contributed by atoms with van der Waals surface area (Å²) in [7, 11) is 0. The summed E-state index contributed by atoms with van der Waals surface area (Å²) in [5, 5.41) is 9.96. The van der Waals surface area contributed by atoms with E-state index in [0.717, 1.165) is 19.4 Å². The number of aromatic nitrogens is 3. The first-order chi connectivity index (χ1) is 7.18. The van der Waals surface area contributed by atoms with Crippen molar-refractivity contribution >= 4 is 5.91 Å². The largest absolute Gasteiger partial charge is 0.334 e. The molecule has 1 heterocycles. The van der Waals surface area contributed by atoms with Gasteiger partial charge in [-0.05, 0) is 18.8 Å². The molecule has 5 heteroatoms. The zero-order valence-electron chi connectivity index (χ0n) is 9.10. The van der Waals surface area contributed by atoms with Crippen LogP contribution in [0.15, 0.2) is 6.20 Å². The van der Waals surface area contributed by atoms with Crippen LogP contribution < -0.4 is 0 Å². The zero-order chi connectivity index (χ0) is 10.8. The van der Waals surface area contributed by atoms with Gasteiger partial charge in [0.1, 0.15) is 0 Å². The second-order valence-corrected chi connectivity index (χ2v) is 4.44. The van der Waals surface area contributed by atoms with Gasteiger partial charge in [0, 0.05) is 12.6 Å². The number of carbonyl (C=O) groups is 1. The van der Waals surface area contributed by atoms with Gasteiger partial charge in [0.05, 0.1) is 6.20 Å². The normalized spacial score (nSPS) is 15.7. The summed E-state index contributed by atoms with van der Waals surface area (Å²) in [5.74, 6) is 0.487. The second-order valence-electron chi connectivity index (χ2n) is 4.44. The Balaban J connectivity index is 2.07. The molecular formula is C10H16N4O. The van der Waals surface area contributed by atoms with Crippen LogP contribution in [-0.2, 0) is 0 Å². The highest BCUT2D eigenvalue weighted by Gasteiger charge is 2.34.